The molecule has 0 fully saturated rings. The van der Waals surface area contributed by atoms with E-state index >= 15 is 0 Å². The van der Waals surface area contributed by atoms with Gasteiger partial charge in [-0.1, -0.05) is 49.4 Å². The highest BCUT2D eigenvalue weighted by atomic mass is 16.6. The fourth-order valence-electron chi connectivity index (χ4n) is 3.30. The minimum atomic E-state index is -1.17. The number of esters is 3. The first kappa shape index (κ1) is 24.3. The molecular weight excluding hydrogens is 400 g/mol. The maximum Gasteiger partial charge on any atom is 0.331 e. The number of carbonyl (C=O) groups excluding carboxylic acids is 3. The number of allylic oxidation sites excluding steroid dienone is 1. The third kappa shape index (κ3) is 7.36. The lowest BCUT2D eigenvalue weighted by atomic mass is 9.96. The van der Waals surface area contributed by atoms with E-state index < -0.39 is 48.2 Å². The van der Waals surface area contributed by atoms with Crippen LogP contribution in [0.3, 0.4) is 0 Å². The molecule has 2 rings (SSSR count). The second kappa shape index (κ2) is 12.1. The summed E-state index contributed by atoms with van der Waals surface area (Å²) in [5.74, 6) is -2.07. The Morgan fingerprint density at radius 1 is 1.23 bits per heavy atom. The van der Waals surface area contributed by atoms with E-state index in [0.717, 1.165) is 5.56 Å². The topological polar surface area (TPSA) is 99.1 Å². The fourth-order valence-corrected chi connectivity index (χ4v) is 3.30. The van der Waals surface area contributed by atoms with Gasteiger partial charge in [-0.3, -0.25) is 9.59 Å². The number of ether oxygens (including phenoxy) is 3. The lowest BCUT2D eigenvalue weighted by Gasteiger charge is -2.27. The van der Waals surface area contributed by atoms with Gasteiger partial charge in [-0.2, -0.15) is 0 Å². The normalized spacial score (nSPS) is 26.5. The molecule has 0 bridgehead atoms. The summed E-state index contributed by atoms with van der Waals surface area (Å²) in [6, 6.07) is 9.25. The van der Waals surface area contributed by atoms with Crippen LogP contribution in [0.25, 0.3) is 0 Å². The highest BCUT2D eigenvalue weighted by Gasteiger charge is 2.30. The fraction of sp³-hybridized carbons (Fsp3) is 0.458. The van der Waals surface area contributed by atoms with Crippen molar-refractivity contribution in [3.05, 3.63) is 60.2 Å². The van der Waals surface area contributed by atoms with E-state index in [-0.39, 0.29) is 12.8 Å². The van der Waals surface area contributed by atoms with Crippen LogP contribution in [0.1, 0.15) is 51.5 Å². The van der Waals surface area contributed by atoms with Crippen molar-refractivity contribution in [1.82, 2.24) is 0 Å². The summed E-state index contributed by atoms with van der Waals surface area (Å²) in [5.41, 5.74) is 0.823. The number of carbonyl (C=O) groups is 3. The van der Waals surface area contributed by atoms with E-state index in [0.29, 0.717) is 6.42 Å². The molecule has 0 aromatic heterocycles. The standard InChI is InChI=1S/C24H30O7/c1-4-9-22(26)30-20-13-12-19(25)21(14-15-23(27)29-16(20)3)31-24(28)18(5-2)17-10-7-6-8-11-17/h4,6-13,16,18-21,25H,5,14-15H2,1-3H3/b9-4+,13-12+/t16-,18+,19-,20+,21+/m1/s1. The summed E-state index contributed by atoms with van der Waals surface area (Å²) in [5, 5.41) is 10.6. The molecule has 7 heteroatoms. The largest absolute Gasteiger partial charge is 0.459 e. The molecule has 0 saturated carbocycles. The molecule has 0 unspecified atom stereocenters. The van der Waals surface area contributed by atoms with Gasteiger partial charge in [0.25, 0.3) is 0 Å². The van der Waals surface area contributed by atoms with Gasteiger partial charge in [-0.05, 0) is 38.3 Å². The molecule has 0 aliphatic carbocycles. The Morgan fingerprint density at radius 3 is 2.58 bits per heavy atom. The second-order valence-corrected chi connectivity index (χ2v) is 7.36. The first-order valence-electron chi connectivity index (χ1n) is 10.5. The molecular formula is C24H30O7. The van der Waals surface area contributed by atoms with Crippen LogP contribution < -0.4 is 0 Å². The molecule has 31 heavy (non-hydrogen) atoms. The molecule has 0 spiro atoms. The van der Waals surface area contributed by atoms with Gasteiger partial charge < -0.3 is 19.3 Å². The SMILES string of the molecule is C/C=C/C(=O)O[C@H]1/C=C/[C@@H](O)[C@@H](OC(=O)[C@@H](CC)c2ccccc2)CCC(=O)O[C@@H]1C. The Balaban J connectivity index is 2.17. The number of aliphatic hydroxyl groups is 1. The number of aliphatic hydroxyl groups excluding tert-OH is 1. The van der Waals surface area contributed by atoms with E-state index in [1.165, 1.54) is 24.3 Å². The van der Waals surface area contributed by atoms with Crippen molar-refractivity contribution in [1.29, 1.82) is 0 Å². The van der Waals surface area contributed by atoms with E-state index in [1.807, 2.05) is 37.3 Å². The monoisotopic (exact) mass is 430 g/mol. The zero-order valence-corrected chi connectivity index (χ0v) is 18.1. The number of benzene rings is 1. The van der Waals surface area contributed by atoms with Gasteiger partial charge in [0.05, 0.1) is 5.92 Å². The molecule has 1 aliphatic heterocycles. The van der Waals surface area contributed by atoms with Gasteiger partial charge in [0.15, 0.2) is 6.10 Å². The number of hydrogen-bond donors (Lipinski definition) is 1. The second-order valence-electron chi connectivity index (χ2n) is 7.36. The van der Waals surface area contributed by atoms with Crippen LogP contribution >= 0.6 is 0 Å². The maximum absolute atomic E-state index is 12.8. The van der Waals surface area contributed by atoms with Crippen molar-refractivity contribution in [3.63, 3.8) is 0 Å². The van der Waals surface area contributed by atoms with Crippen LogP contribution in [0.5, 0.6) is 0 Å². The molecule has 0 amide bonds. The molecule has 1 aliphatic rings. The first-order chi connectivity index (χ1) is 14.8. The van der Waals surface area contributed by atoms with Crippen LogP contribution in [0.4, 0.5) is 0 Å². The van der Waals surface area contributed by atoms with Crippen LogP contribution in [-0.2, 0) is 28.6 Å². The highest BCUT2D eigenvalue weighted by molar-refractivity contribution is 5.82. The van der Waals surface area contributed by atoms with Gasteiger partial charge in [-0.15, -0.1) is 0 Å². The first-order valence-corrected chi connectivity index (χ1v) is 10.5. The van der Waals surface area contributed by atoms with Crippen LogP contribution in [-0.4, -0.2) is 47.4 Å². The van der Waals surface area contributed by atoms with Crippen LogP contribution in [0, 0.1) is 0 Å². The molecule has 5 atom stereocenters. The molecule has 1 aromatic rings. The van der Waals surface area contributed by atoms with Crippen molar-refractivity contribution in [2.24, 2.45) is 0 Å². The number of cyclic esters (lactones) is 1. The summed E-state index contributed by atoms with van der Waals surface area (Å²) in [6.45, 7) is 5.16. The van der Waals surface area contributed by atoms with Crippen molar-refractivity contribution in [2.75, 3.05) is 0 Å². The predicted octanol–water partition coefficient (Wildman–Crippen LogP) is 3.22. The summed E-state index contributed by atoms with van der Waals surface area (Å²) in [7, 11) is 0. The zero-order chi connectivity index (χ0) is 22.8. The maximum atomic E-state index is 12.8. The van der Waals surface area contributed by atoms with Crippen LogP contribution in [0.15, 0.2) is 54.6 Å². The third-order valence-electron chi connectivity index (χ3n) is 5.01. The predicted molar refractivity (Wildman–Crippen MR) is 114 cm³/mol. The van der Waals surface area contributed by atoms with Gasteiger partial charge in [0.2, 0.25) is 0 Å². The Labute approximate surface area is 182 Å². The average Bonchev–Trinajstić information content (AvgIpc) is 2.74. The van der Waals surface area contributed by atoms with Gasteiger partial charge in [-0.25, -0.2) is 4.79 Å². The summed E-state index contributed by atoms with van der Waals surface area (Å²) in [4.78, 5) is 36.8. The minimum Gasteiger partial charge on any atom is -0.459 e. The molecule has 7 nitrogen and oxygen atoms in total. The summed E-state index contributed by atoms with van der Waals surface area (Å²) >= 11 is 0. The number of hydrogen-bond acceptors (Lipinski definition) is 7. The molecule has 1 heterocycles. The van der Waals surface area contributed by atoms with Gasteiger partial charge in [0, 0.05) is 12.5 Å². The smallest absolute Gasteiger partial charge is 0.331 e. The lowest BCUT2D eigenvalue weighted by molar-refractivity contribution is -0.164. The third-order valence-corrected chi connectivity index (χ3v) is 5.01. The zero-order valence-electron chi connectivity index (χ0n) is 18.1. The molecule has 168 valence electrons. The molecule has 0 radical (unpaired) electrons. The van der Waals surface area contributed by atoms with Crippen molar-refractivity contribution in [3.8, 4) is 0 Å². The minimum absolute atomic E-state index is 0.0507. The van der Waals surface area contributed by atoms with Gasteiger partial charge >= 0.3 is 17.9 Å². The van der Waals surface area contributed by atoms with Crippen LogP contribution in [0.2, 0.25) is 0 Å². The van der Waals surface area contributed by atoms with Crippen molar-refractivity contribution in [2.45, 2.75) is 70.4 Å². The summed E-state index contributed by atoms with van der Waals surface area (Å²) in [6.07, 6.45) is 2.51. The quantitative estimate of drug-likeness (QED) is 0.320. The molecule has 0 saturated heterocycles. The molecule has 1 N–H and O–H groups in total. The average molecular weight is 430 g/mol. The Morgan fingerprint density at radius 2 is 1.94 bits per heavy atom. The Bertz CT molecular complexity index is 799. The van der Waals surface area contributed by atoms with E-state index in [1.54, 1.807) is 13.8 Å². The van der Waals surface area contributed by atoms with Crippen molar-refractivity contribution >= 4 is 17.9 Å². The number of rotatable bonds is 6. The summed E-state index contributed by atoms with van der Waals surface area (Å²) < 4.78 is 16.2. The Hall–Kier alpha value is -2.93. The van der Waals surface area contributed by atoms with E-state index in [9.17, 15) is 19.5 Å². The highest BCUT2D eigenvalue weighted by Crippen LogP contribution is 2.24. The lowest BCUT2D eigenvalue weighted by Crippen LogP contribution is -2.36. The van der Waals surface area contributed by atoms with E-state index in [2.05, 4.69) is 0 Å². The van der Waals surface area contributed by atoms with Gasteiger partial charge in [0.1, 0.15) is 18.3 Å². The van der Waals surface area contributed by atoms with E-state index in [4.69, 9.17) is 14.2 Å². The van der Waals surface area contributed by atoms with Crippen molar-refractivity contribution < 1.29 is 33.7 Å². The Kier molecular flexibility index (Phi) is 9.46. The molecule has 1 aromatic carbocycles.